The van der Waals surface area contributed by atoms with Crippen LogP contribution in [0.25, 0.3) is 0 Å². The standard InChI is InChI=1S/C20H22N4OS/c1-2-25-17-5-3-14(4-6-17)9-18-12-23-20(26-18)24-8-7-19-15(13-24)10-16(21)11-22-19/h3-6,10-12H,2,7-9,13,21H2,1H3. The minimum absolute atomic E-state index is 0.692. The van der Waals surface area contributed by atoms with E-state index >= 15 is 0 Å². The normalized spacial score (nSPS) is 13.5. The van der Waals surface area contributed by atoms with Gasteiger partial charge in [-0.1, -0.05) is 12.1 Å². The van der Waals surface area contributed by atoms with Crippen molar-refractivity contribution < 1.29 is 4.74 Å². The molecule has 26 heavy (non-hydrogen) atoms. The number of pyridine rings is 1. The third-order valence-corrected chi connectivity index (χ3v) is 5.54. The van der Waals surface area contributed by atoms with Crippen LogP contribution in [0.3, 0.4) is 0 Å². The Hall–Kier alpha value is -2.60. The summed E-state index contributed by atoms with van der Waals surface area (Å²) in [6, 6.07) is 10.3. The van der Waals surface area contributed by atoms with Crippen LogP contribution in [-0.4, -0.2) is 23.1 Å². The molecule has 3 heterocycles. The molecular weight excluding hydrogens is 344 g/mol. The van der Waals surface area contributed by atoms with E-state index < -0.39 is 0 Å². The smallest absolute Gasteiger partial charge is 0.185 e. The van der Waals surface area contributed by atoms with Gasteiger partial charge in [-0.25, -0.2) is 4.98 Å². The fourth-order valence-corrected chi connectivity index (χ4v) is 4.17. The van der Waals surface area contributed by atoms with Crippen molar-refractivity contribution in [2.75, 3.05) is 23.8 Å². The molecule has 1 aliphatic rings. The molecule has 0 unspecified atom stereocenters. The van der Waals surface area contributed by atoms with E-state index in [0.717, 1.165) is 48.2 Å². The number of hydrogen-bond acceptors (Lipinski definition) is 6. The number of nitrogens with two attached hydrogens (primary N) is 1. The predicted molar refractivity (Wildman–Crippen MR) is 106 cm³/mol. The molecular formula is C20H22N4OS. The molecule has 4 rings (SSSR count). The Balaban J connectivity index is 1.45. The topological polar surface area (TPSA) is 64.3 Å². The van der Waals surface area contributed by atoms with E-state index in [1.165, 1.54) is 16.0 Å². The summed E-state index contributed by atoms with van der Waals surface area (Å²) in [6.07, 6.45) is 5.56. The van der Waals surface area contributed by atoms with Crippen molar-refractivity contribution >= 4 is 22.2 Å². The number of fused-ring (bicyclic) bond motifs is 1. The van der Waals surface area contributed by atoms with Crippen LogP contribution in [0.2, 0.25) is 0 Å². The molecule has 0 amide bonds. The summed E-state index contributed by atoms with van der Waals surface area (Å²) in [6.45, 7) is 4.46. The minimum Gasteiger partial charge on any atom is -0.494 e. The number of anilines is 2. The minimum atomic E-state index is 0.692. The number of nitrogens with zero attached hydrogens (tertiary/aromatic N) is 3. The van der Waals surface area contributed by atoms with Crippen molar-refractivity contribution in [3.63, 3.8) is 0 Å². The van der Waals surface area contributed by atoms with Crippen LogP contribution in [0, 0.1) is 0 Å². The highest BCUT2D eigenvalue weighted by molar-refractivity contribution is 7.15. The summed E-state index contributed by atoms with van der Waals surface area (Å²) in [5.74, 6) is 0.918. The van der Waals surface area contributed by atoms with Crippen LogP contribution in [0.1, 0.15) is 28.6 Å². The van der Waals surface area contributed by atoms with Crippen LogP contribution in [0.15, 0.2) is 42.7 Å². The molecule has 134 valence electrons. The van der Waals surface area contributed by atoms with E-state index in [1.807, 2.05) is 31.3 Å². The highest BCUT2D eigenvalue weighted by Crippen LogP contribution is 2.29. The predicted octanol–water partition coefficient (Wildman–Crippen LogP) is 3.67. The third-order valence-electron chi connectivity index (χ3n) is 4.49. The average molecular weight is 366 g/mol. The highest BCUT2D eigenvalue weighted by atomic mass is 32.1. The van der Waals surface area contributed by atoms with Crippen LogP contribution in [-0.2, 0) is 19.4 Å². The van der Waals surface area contributed by atoms with Gasteiger partial charge in [0.1, 0.15) is 5.75 Å². The second-order valence-corrected chi connectivity index (χ2v) is 7.50. The van der Waals surface area contributed by atoms with Gasteiger partial charge in [-0.05, 0) is 36.2 Å². The summed E-state index contributed by atoms with van der Waals surface area (Å²) in [5, 5.41) is 1.07. The Bertz CT molecular complexity index is 891. The highest BCUT2D eigenvalue weighted by Gasteiger charge is 2.20. The molecule has 6 heteroatoms. The van der Waals surface area contributed by atoms with Gasteiger partial charge in [0, 0.05) is 42.7 Å². The Morgan fingerprint density at radius 2 is 2.04 bits per heavy atom. The molecule has 2 aromatic heterocycles. The van der Waals surface area contributed by atoms with Crippen LogP contribution < -0.4 is 15.4 Å². The van der Waals surface area contributed by atoms with Gasteiger partial charge in [-0.3, -0.25) is 4.98 Å². The SMILES string of the molecule is CCOc1ccc(Cc2cnc(N3CCc4ncc(N)cc4C3)s2)cc1. The molecule has 3 aromatic rings. The Morgan fingerprint density at radius 3 is 2.85 bits per heavy atom. The number of nitrogen functional groups attached to an aromatic ring is 1. The van der Waals surface area contributed by atoms with Crippen molar-refractivity contribution in [2.24, 2.45) is 0 Å². The van der Waals surface area contributed by atoms with Crippen molar-refractivity contribution in [2.45, 2.75) is 26.3 Å². The average Bonchev–Trinajstić information content (AvgIpc) is 3.11. The van der Waals surface area contributed by atoms with Gasteiger partial charge < -0.3 is 15.4 Å². The summed E-state index contributed by atoms with van der Waals surface area (Å²) >= 11 is 1.76. The second kappa shape index (κ2) is 7.33. The first-order chi connectivity index (χ1) is 12.7. The van der Waals surface area contributed by atoms with E-state index in [4.69, 9.17) is 10.5 Å². The molecule has 0 radical (unpaired) electrons. The first-order valence-corrected chi connectivity index (χ1v) is 9.67. The van der Waals surface area contributed by atoms with Gasteiger partial charge >= 0.3 is 0 Å². The number of ether oxygens (including phenoxy) is 1. The number of hydrogen-bond donors (Lipinski definition) is 1. The van der Waals surface area contributed by atoms with Gasteiger partial charge in [-0.15, -0.1) is 11.3 Å². The molecule has 0 fully saturated rings. The van der Waals surface area contributed by atoms with E-state index in [9.17, 15) is 0 Å². The van der Waals surface area contributed by atoms with Crippen molar-refractivity contribution in [3.8, 4) is 5.75 Å². The molecule has 1 aromatic carbocycles. The van der Waals surface area contributed by atoms with Crippen LogP contribution >= 0.6 is 11.3 Å². The Morgan fingerprint density at radius 1 is 1.19 bits per heavy atom. The molecule has 2 N–H and O–H groups in total. The lowest BCUT2D eigenvalue weighted by Crippen LogP contribution is -2.30. The fourth-order valence-electron chi connectivity index (χ4n) is 3.20. The van der Waals surface area contributed by atoms with Crippen molar-refractivity contribution in [1.29, 1.82) is 0 Å². The monoisotopic (exact) mass is 366 g/mol. The third kappa shape index (κ3) is 3.65. The molecule has 5 nitrogen and oxygen atoms in total. The Labute approximate surface area is 157 Å². The molecule has 0 saturated heterocycles. The molecule has 0 saturated carbocycles. The summed E-state index contributed by atoms with van der Waals surface area (Å²) in [5.41, 5.74) is 10.2. The zero-order valence-electron chi connectivity index (χ0n) is 14.8. The summed E-state index contributed by atoms with van der Waals surface area (Å²) in [4.78, 5) is 12.7. The fraction of sp³-hybridized carbons (Fsp3) is 0.300. The molecule has 1 aliphatic heterocycles. The zero-order valence-corrected chi connectivity index (χ0v) is 15.6. The quantitative estimate of drug-likeness (QED) is 0.746. The molecule has 0 atom stereocenters. The van der Waals surface area contributed by atoms with E-state index in [2.05, 4.69) is 27.0 Å². The van der Waals surface area contributed by atoms with Gasteiger partial charge in [-0.2, -0.15) is 0 Å². The molecule has 0 spiro atoms. The molecule has 0 aliphatic carbocycles. The first kappa shape index (κ1) is 16.8. The van der Waals surface area contributed by atoms with Gasteiger partial charge in [0.2, 0.25) is 0 Å². The van der Waals surface area contributed by atoms with Gasteiger partial charge in [0.25, 0.3) is 0 Å². The van der Waals surface area contributed by atoms with Crippen LogP contribution in [0.4, 0.5) is 10.8 Å². The number of rotatable bonds is 5. The van der Waals surface area contributed by atoms with Gasteiger partial charge in [0.05, 0.1) is 18.5 Å². The lowest BCUT2D eigenvalue weighted by Gasteiger charge is -2.27. The lowest BCUT2D eigenvalue weighted by molar-refractivity contribution is 0.340. The van der Waals surface area contributed by atoms with E-state index in [0.29, 0.717) is 6.61 Å². The van der Waals surface area contributed by atoms with Gasteiger partial charge in [0.15, 0.2) is 5.13 Å². The maximum atomic E-state index is 5.88. The van der Waals surface area contributed by atoms with E-state index in [1.54, 1.807) is 17.5 Å². The lowest BCUT2D eigenvalue weighted by atomic mass is 10.1. The van der Waals surface area contributed by atoms with E-state index in [-0.39, 0.29) is 0 Å². The van der Waals surface area contributed by atoms with Crippen LogP contribution in [0.5, 0.6) is 5.75 Å². The maximum absolute atomic E-state index is 5.88. The number of thiazole rings is 1. The zero-order chi connectivity index (χ0) is 17.9. The Kier molecular flexibility index (Phi) is 4.75. The second-order valence-electron chi connectivity index (χ2n) is 6.41. The number of aromatic nitrogens is 2. The largest absolute Gasteiger partial charge is 0.494 e. The summed E-state index contributed by atoms with van der Waals surface area (Å²) in [7, 11) is 0. The summed E-state index contributed by atoms with van der Waals surface area (Å²) < 4.78 is 5.50. The first-order valence-electron chi connectivity index (χ1n) is 8.86. The number of benzene rings is 1. The van der Waals surface area contributed by atoms with Crippen molar-refractivity contribution in [3.05, 3.63) is 64.4 Å². The maximum Gasteiger partial charge on any atom is 0.185 e. The molecule has 0 bridgehead atoms. The van der Waals surface area contributed by atoms with Crippen molar-refractivity contribution in [1.82, 2.24) is 9.97 Å².